The fourth-order valence-electron chi connectivity index (χ4n) is 1.35. The Balaban J connectivity index is 2.26. The summed E-state index contributed by atoms with van der Waals surface area (Å²) in [6, 6.07) is 4.07. The van der Waals surface area contributed by atoms with E-state index in [0.29, 0.717) is 4.47 Å². The SMILES string of the molecule is CC(C)Oc1nc(N)nc(Oc2cc(F)cc(Br)c2)n1. The number of nitrogens with zero attached hydrogens (tertiary/aromatic N) is 3. The summed E-state index contributed by atoms with van der Waals surface area (Å²) in [5.74, 6) is -0.255. The minimum atomic E-state index is -0.449. The lowest BCUT2D eigenvalue weighted by Crippen LogP contribution is -2.11. The highest BCUT2D eigenvalue weighted by atomic mass is 79.9. The Morgan fingerprint density at radius 3 is 2.50 bits per heavy atom. The van der Waals surface area contributed by atoms with Gasteiger partial charge in [0.1, 0.15) is 11.6 Å². The predicted octanol–water partition coefficient (Wildman–Crippen LogP) is 2.93. The van der Waals surface area contributed by atoms with Crippen LogP contribution in [0.1, 0.15) is 13.8 Å². The van der Waals surface area contributed by atoms with Crippen molar-refractivity contribution in [2.75, 3.05) is 5.73 Å². The molecule has 0 amide bonds. The summed E-state index contributed by atoms with van der Waals surface area (Å²) in [7, 11) is 0. The van der Waals surface area contributed by atoms with Gasteiger partial charge in [-0.05, 0) is 26.0 Å². The molecule has 0 fully saturated rings. The highest BCUT2D eigenvalue weighted by molar-refractivity contribution is 9.10. The molecule has 0 saturated carbocycles. The van der Waals surface area contributed by atoms with Crippen molar-refractivity contribution in [2.24, 2.45) is 0 Å². The fraction of sp³-hybridized carbons (Fsp3) is 0.250. The Hall–Kier alpha value is -1.96. The Morgan fingerprint density at radius 1 is 1.15 bits per heavy atom. The van der Waals surface area contributed by atoms with E-state index in [1.807, 2.05) is 13.8 Å². The lowest BCUT2D eigenvalue weighted by atomic mass is 10.3. The number of nitrogens with two attached hydrogens (primary N) is 1. The maximum Gasteiger partial charge on any atom is 0.330 e. The molecular formula is C12H12BrFN4O2. The highest BCUT2D eigenvalue weighted by Gasteiger charge is 2.10. The van der Waals surface area contributed by atoms with Crippen molar-refractivity contribution in [2.45, 2.75) is 20.0 Å². The minimum absolute atomic E-state index is 0.0406. The maximum atomic E-state index is 13.2. The predicted molar refractivity (Wildman–Crippen MR) is 74.2 cm³/mol. The van der Waals surface area contributed by atoms with Gasteiger partial charge >= 0.3 is 12.0 Å². The Morgan fingerprint density at radius 2 is 1.85 bits per heavy atom. The van der Waals surface area contributed by atoms with Crippen LogP contribution in [0.15, 0.2) is 22.7 Å². The Bertz CT molecular complexity index is 604. The van der Waals surface area contributed by atoms with E-state index in [-0.39, 0.29) is 29.8 Å². The van der Waals surface area contributed by atoms with E-state index in [1.165, 1.54) is 12.1 Å². The summed E-state index contributed by atoms with van der Waals surface area (Å²) in [5.41, 5.74) is 5.54. The summed E-state index contributed by atoms with van der Waals surface area (Å²) in [6.07, 6.45) is -0.118. The normalized spacial score (nSPS) is 10.7. The molecule has 0 saturated heterocycles. The molecule has 2 rings (SSSR count). The minimum Gasteiger partial charge on any atom is -0.461 e. The van der Waals surface area contributed by atoms with Gasteiger partial charge in [0.2, 0.25) is 5.95 Å². The van der Waals surface area contributed by atoms with Crippen LogP contribution in [0.5, 0.6) is 17.8 Å². The third kappa shape index (κ3) is 4.02. The largest absolute Gasteiger partial charge is 0.461 e. The standard InChI is InChI=1S/C12H12BrFN4O2/c1-6(2)19-11-16-10(15)17-12(18-11)20-9-4-7(13)3-8(14)5-9/h3-6H,1-2H3,(H2,15,16,17,18). The first-order valence-electron chi connectivity index (χ1n) is 5.74. The van der Waals surface area contributed by atoms with E-state index in [2.05, 4.69) is 30.9 Å². The third-order valence-corrected chi connectivity index (χ3v) is 2.46. The van der Waals surface area contributed by atoms with Gasteiger partial charge in [-0.15, -0.1) is 4.98 Å². The van der Waals surface area contributed by atoms with Gasteiger partial charge in [0, 0.05) is 10.5 Å². The smallest absolute Gasteiger partial charge is 0.330 e. The van der Waals surface area contributed by atoms with E-state index in [4.69, 9.17) is 15.2 Å². The fourth-order valence-corrected chi connectivity index (χ4v) is 1.80. The van der Waals surface area contributed by atoms with E-state index >= 15 is 0 Å². The zero-order chi connectivity index (χ0) is 14.7. The summed E-state index contributed by atoms with van der Waals surface area (Å²) in [6.45, 7) is 3.65. The molecule has 1 heterocycles. The quantitative estimate of drug-likeness (QED) is 0.919. The summed E-state index contributed by atoms with van der Waals surface area (Å²) < 4.78 is 24.5. The second kappa shape index (κ2) is 6.00. The topological polar surface area (TPSA) is 83.2 Å². The van der Waals surface area contributed by atoms with E-state index in [1.54, 1.807) is 6.07 Å². The number of nitrogen functional groups attached to an aromatic ring is 1. The molecule has 2 N–H and O–H groups in total. The average Bonchev–Trinajstić information content (AvgIpc) is 2.24. The molecule has 0 aliphatic rings. The number of anilines is 1. The first-order valence-corrected chi connectivity index (χ1v) is 6.54. The zero-order valence-corrected chi connectivity index (χ0v) is 12.4. The molecule has 0 radical (unpaired) electrons. The molecule has 0 bridgehead atoms. The molecule has 0 unspecified atom stereocenters. The number of hydrogen-bond acceptors (Lipinski definition) is 6. The van der Waals surface area contributed by atoms with Crippen LogP contribution in [0.3, 0.4) is 0 Å². The average molecular weight is 343 g/mol. The number of ether oxygens (including phenoxy) is 2. The number of benzene rings is 1. The number of hydrogen-bond donors (Lipinski definition) is 1. The maximum absolute atomic E-state index is 13.2. The second-order valence-electron chi connectivity index (χ2n) is 4.13. The Labute approximate surface area is 123 Å². The van der Waals surface area contributed by atoms with Gasteiger partial charge in [0.25, 0.3) is 0 Å². The van der Waals surface area contributed by atoms with Gasteiger partial charge in [-0.2, -0.15) is 9.97 Å². The monoisotopic (exact) mass is 342 g/mol. The van der Waals surface area contributed by atoms with Crippen molar-refractivity contribution >= 4 is 21.9 Å². The lowest BCUT2D eigenvalue weighted by molar-refractivity contribution is 0.219. The van der Waals surface area contributed by atoms with Gasteiger partial charge in [0.15, 0.2) is 0 Å². The van der Waals surface area contributed by atoms with E-state index in [0.717, 1.165) is 0 Å². The molecule has 1 aromatic heterocycles. The van der Waals surface area contributed by atoms with Gasteiger partial charge in [-0.3, -0.25) is 0 Å². The van der Waals surface area contributed by atoms with E-state index < -0.39 is 5.82 Å². The van der Waals surface area contributed by atoms with Crippen LogP contribution in [0.4, 0.5) is 10.3 Å². The molecule has 106 valence electrons. The van der Waals surface area contributed by atoms with Crippen molar-refractivity contribution < 1.29 is 13.9 Å². The van der Waals surface area contributed by atoms with Crippen LogP contribution >= 0.6 is 15.9 Å². The summed E-state index contributed by atoms with van der Waals surface area (Å²) in [4.78, 5) is 11.6. The molecule has 6 nitrogen and oxygen atoms in total. The lowest BCUT2D eigenvalue weighted by Gasteiger charge is -2.09. The highest BCUT2D eigenvalue weighted by Crippen LogP contribution is 2.25. The van der Waals surface area contributed by atoms with Gasteiger partial charge < -0.3 is 15.2 Å². The van der Waals surface area contributed by atoms with Crippen LogP contribution in [0.2, 0.25) is 0 Å². The summed E-state index contributed by atoms with van der Waals surface area (Å²) >= 11 is 3.17. The molecule has 0 aliphatic carbocycles. The number of rotatable bonds is 4. The summed E-state index contributed by atoms with van der Waals surface area (Å²) in [5, 5.41) is 0. The van der Waals surface area contributed by atoms with Crippen molar-refractivity contribution in [3.05, 3.63) is 28.5 Å². The molecule has 0 atom stereocenters. The molecule has 8 heteroatoms. The molecule has 20 heavy (non-hydrogen) atoms. The van der Waals surface area contributed by atoms with E-state index in [9.17, 15) is 4.39 Å². The van der Waals surface area contributed by atoms with Gasteiger partial charge in [-0.1, -0.05) is 15.9 Å². The molecule has 0 spiro atoms. The van der Waals surface area contributed by atoms with Crippen molar-refractivity contribution in [3.63, 3.8) is 0 Å². The molecule has 1 aromatic carbocycles. The van der Waals surface area contributed by atoms with Crippen LogP contribution < -0.4 is 15.2 Å². The first-order chi connectivity index (χ1) is 9.42. The zero-order valence-electron chi connectivity index (χ0n) is 10.8. The number of halogens is 2. The first kappa shape index (κ1) is 14.4. The van der Waals surface area contributed by atoms with Crippen molar-refractivity contribution in [3.8, 4) is 17.8 Å². The Kier molecular flexibility index (Phi) is 4.33. The van der Waals surface area contributed by atoms with Gasteiger partial charge in [-0.25, -0.2) is 4.39 Å². The molecule has 0 aliphatic heterocycles. The second-order valence-corrected chi connectivity index (χ2v) is 5.05. The van der Waals surface area contributed by atoms with Crippen molar-refractivity contribution in [1.29, 1.82) is 0 Å². The molecule has 2 aromatic rings. The van der Waals surface area contributed by atoms with Gasteiger partial charge in [0.05, 0.1) is 6.10 Å². The molecular weight excluding hydrogens is 331 g/mol. The third-order valence-electron chi connectivity index (χ3n) is 2.00. The van der Waals surface area contributed by atoms with Crippen molar-refractivity contribution in [1.82, 2.24) is 15.0 Å². The number of aromatic nitrogens is 3. The van der Waals surface area contributed by atoms with Crippen LogP contribution in [-0.4, -0.2) is 21.1 Å². The van der Waals surface area contributed by atoms with Crippen LogP contribution in [-0.2, 0) is 0 Å². The van der Waals surface area contributed by atoms with Crippen LogP contribution in [0.25, 0.3) is 0 Å². The van der Waals surface area contributed by atoms with Crippen LogP contribution in [0, 0.1) is 5.82 Å².